The fourth-order valence-corrected chi connectivity index (χ4v) is 7.58. The van der Waals surface area contributed by atoms with Gasteiger partial charge in [-0.05, 0) is 52.6 Å². The SMILES string of the molecule is CC1(C)c2ccccc2-c2ccc3oc4cc(-c5nc(-c6ccccc6)nc(-c6cccc7oc8ccccc8c67)n5)ccc4c3c21. The highest BCUT2D eigenvalue weighted by molar-refractivity contribution is 6.13. The Morgan fingerprint density at radius 2 is 1.11 bits per heavy atom. The summed E-state index contributed by atoms with van der Waals surface area (Å²) in [5.74, 6) is 1.78. The van der Waals surface area contributed by atoms with Crippen LogP contribution in [0, 0.1) is 0 Å². The molecule has 0 spiro atoms. The molecule has 9 aromatic rings. The molecule has 1 aliphatic rings. The quantitative estimate of drug-likeness (QED) is 0.200. The van der Waals surface area contributed by atoms with Crippen LogP contribution in [-0.2, 0) is 5.41 Å². The highest BCUT2D eigenvalue weighted by atomic mass is 16.3. The number of hydrogen-bond donors (Lipinski definition) is 0. The van der Waals surface area contributed by atoms with E-state index in [0.29, 0.717) is 17.5 Å². The van der Waals surface area contributed by atoms with Crippen LogP contribution in [0.15, 0.2) is 136 Å². The van der Waals surface area contributed by atoms with E-state index >= 15 is 0 Å². The molecule has 6 aromatic carbocycles. The van der Waals surface area contributed by atoms with Crippen molar-refractivity contribution in [3.63, 3.8) is 0 Å². The van der Waals surface area contributed by atoms with Crippen LogP contribution in [0.25, 0.3) is 89.2 Å². The Morgan fingerprint density at radius 3 is 2.00 bits per heavy atom. The molecule has 0 amide bonds. The second-order valence-electron chi connectivity index (χ2n) is 12.8. The Morgan fingerprint density at radius 1 is 0.447 bits per heavy atom. The molecule has 5 heteroatoms. The van der Waals surface area contributed by atoms with Crippen LogP contribution >= 0.6 is 0 Å². The number of hydrogen-bond acceptors (Lipinski definition) is 5. The van der Waals surface area contributed by atoms with E-state index in [1.807, 2.05) is 60.7 Å². The second-order valence-corrected chi connectivity index (χ2v) is 12.8. The van der Waals surface area contributed by atoms with Crippen molar-refractivity contribution in [2.24, 2.45) is 0 Å². The number of aromatic nitrogens is 3. The molecular formula is C42H27N3O2. The van der Waals surface area contributed by atoms with Crippen LogP contribution in [0.1, 0.15) is 25.0 Å². The number of para-hydroxylation sites is 1. The summed E-state index contributed by atoms with van der Waals surface area (Å²) in [4.78, 5) is 15.1. The highest BCUT2D eigenvalue weighted by Gasteiger charge is 2.37. The Labute approximate surface area is 270 Å². The summed E-state index contributed by atoms with van der Waals surface area (Å²) in [7, 11) is 0. The zero-order valence-corrected chi connectivity index (χ0v) is 25.8. The predicted molar refractivity (Wildman–Crippen MR) is 188 cm³/mol. The smallest absolute Gasteiger partial charge is 0.164 e. The van der Waals surface area contributed by atoms with E-state index < -0.39 is 0 Å². The molecule has 0 N–H and O–H groups in total. The zero-order chi connectivity index (χ0) is 31.3. The number of fused-ring (bicyclic) bond motifs is 10. The molecule has 47 heavy (non-hydrogen) atoms. The molecule has 0 aliphatic heterocycles. The maximum atomic E-state index is 6.57. The third kappa shape index (κ3) is 3.74. The van der Waals surface area contributed by atoms with Crippen molar-refractivity contribution in [2.45, 2.75) is 19.3 Å². The summed E-state index contributed by atoms with van der Waals surface area (Å²) in [6.45, 7) is 4.62. The maximum Gasteiger partial charge on any atom is 0.164 e. The lowest BCUT2D eigenvalue weighted by Crippen LogP contribution is -2.15. The molecule has 3 heterocycles. The van der Waals surface area contributed by atoms with Gasteiger partial charge in [0.1, 0.15) is 22.3 Å². The van der Waals surface area contributed by atoms with Gasteiger partial charge in [-0.2, -0.15) is 0 Å². The van der Waals surface area contributed by atoms with Crippen molar-refractivity contribution in [2.75, 3.05) is 0 Å². The Hall–Kier alpha value is -6.07. The van der Waals surface area contributed by atoms with Crippen molar-refractivity contribution in [1.29, 1.82) is 0 Å². The molecule has 0 saturated heterocycles. The van der Waals surface area contributed by atoms with E-state index in [0.717, 1.165) is 55.2 Å². The van der Waals surface area contributed by atoms with E-state index in [9.17, 15) is 0 Å². The topological polar surface area (TPSA) is 65.0 Å². The van der Waals surface area contributed by atoms with Gasteiger partial charge in [-0.3, -0.25) is 0 Å². The van der Waals surface area contributed by atoms with Gasteiger partial charge in [-0.1, -0.05) is 111 Å². The van der Waals surface area contributed by atoms with Crippen LogP contribution in [0.5, 0.6) is 0 Å². The van der Waals surface area contributed by atoms with Gasteiger partial charge in [0.25, 0.3) is 0 Å². The second kappa shape index (κ2) is 9.47. The van der Waals surface area contributed by atoms with Crippen molar-refractivity contribution in [1.82, 2.24) is 15.0 Å². The third-order valence-electron chi connectivity index (χ3n) is 9.72. The zero-order valence-electron chi connectivity index (χ0n) is 25.8. The van der Waals surface area contributed by atoms with E-state index in [4.69, 9.17) is 23.8 Å². The van der Waals surface area contributed by atoms with Crippen LogP contribution < -0.4 is 0 Å². The molecule has 0 saturated carbocycles. The van der Waals surface area contributed by atoms with Gasteiger partial charge >= 0.3 is 0 Å². The molecule has 0 unspecified atom stereocenters. The van der Waals surface area contributed by atoms with Gasteiger partial charge in [0, 0.05) is 43.7 Å². The van der Waals surface area contributed by atoms with Crippen molar-refractivity contribution in [3.05, 3.63) is 139 Å². The minimum atomic E-state index is -0.146. The van der Waals surface area contributed by atoms with Crippen molar-refractivity contribution in [3.8, 4) is 45.3 Å². The molecule has 3 aromatic heterocycles. The van der Waals surface area contributed by atoms with Gasteiger partial charge in [-0.15, -0.1) is 0 Å². The molecule has 5 nitrogen and oxygen atoms in total. The van der Waals surface area contributed by atoms with Gasteiger partial charge < -0.3 is 8.83 Å². The average molecular weight is 606 g/mol. The fourth-order valence-electron chi connectivity index (χ4n) is 7.58. The van der Waals surface area contributed by atoms with Crippen LogP contribution in [-0.4, -0.2) is 15.0 Å². The molecule has 10 rings (SSSR count). The largest absolute Gasteiger partial charge is 0.456 e. The maximum absolute atomic E-state index is 6.57. The minimum Gasteiger partial charge on any atom is -0.456 e. The number of benzene rings is 6. The van der Waals surface area contributed by atoms with Crippen LogP contribution in [0.2, 0.25) is 0 Å². The molecule has 0 atom stereocenters. The lowest BCUT2D eigenvalue weighted by molar-refractivity contribution is 0.657. The van der Waals surface area contributed by atoms with Gasteiger partial charge in [-0.25, -0.2) is 15.0 Å². The molecule has 0 fully saturated rings. The fraction of sp³-hybridized carbons (Fsp3) is 0.0714. The summed E-state index contributed by atoms with van der Waals surface area (Å²) >= 11 is 0. The summed E-state index contributed by atoms with van der Waals surface area (Å²) in [5.41, 5.74) is 11.1. The Kier molecular flexibility index (Phi) is 5.28. The van der Waals surface area contributed by atoms with Crippen LogP contribution in [0.4, 0.5) is 0 Å². The van der Waals surface area contributed by atoms with Crippen molar-refractivity contribution < 1.29 is 8.83 Å². The molecular weight excluding hydrogens is 578 g/mol. The summed E-state index contributed by atoms with van der Waals surface area (Å²) in [6, 6.07) is 43.6. The lowest BCUT2D eigenvalue weighted by Gasteiger charge is -2.22. The molecule has 222 valence electrons. The Balaban J connectivity index is 1.19. The molecule has 0 bridgehead atoms. The molecule has 1 aliphatic carbocycles. The first-order valence-corrected chi connectivity index (χ1v) is 15.9. The van der Waals surface area contributed by atoms with E-state index in [2.05, 4.69) is 80.6 Å². The van der Waals surface area contributed by atoms with Crippen LogP contribution in [0.3, 0.4) is 0 Å². The standard InChI is InChI=1S/C42H27N3O2/c1-42(2)31-16-8-6-13-26(31)27-21-22-34-37(38(27)42)29-20-19-25(23-35(29)47-34)40-43-39(24-11-4-3-5-12-24)44-41(45-40)30-15-10-18-33-36(30)28-14-7-9-17-32(28)46-33/h3-23H,1-2H3. The first-order chi connectivity index (χ1) is 23.0. The van der Waals surface area contributed by atoms with Gasteiger partial charge in [0.2, 0.25) is 0 Å². The number of nitrogens with zero attached hydrogens (tertiary/aromatic N) is 3. The highest BCUT2D eigenvalue weighted by Crippen LogP contribution is 2.53. The predicted octanol–water partition coefficient (Wildman–Crippen LogP) is 11.0. The first-order valence-electron chi connectivity index (χ1n) is 15.9. The van der Waals surface area contributed by atoms with Gasteiger partial charge in [0.15, 0.2) is 17.5 Å². The summed E-state index contributed by atoms with van der Waals surface area (Å²) < 4.78 is 12.8. The van der Waals surface area contributed by atoms with E-state index in [-0.39, 0.29) is 5.41 Å². The monoisotopic (exact) mass is 605 g/mol. The lowest BCUT2D eigenvalue weighted by atomic mass is 9.80. The normalized spacial score (nSPS) is 13.5. The first kappa shape index (κ1) is 26.2. The van der Waals surface area contributed by atoms with E-state index in [1.54, 1.807) is 0 Å². The van der Waals surface area contributed by atoms with Gasteiger partial charge in [0.05, 0.1) is 0 Å². The van der Waals surface area contributed by atoms with Crippen molar-refractivity contribution >= 4 is 43.9 Å². The minimum absolute atomic E-state index is 0.146. The number of rotatable bonds is 3. The van der Waals surface area contributed by atoms with E-state index in [1.165, 1.54) is 27.6 Å². The Bertz CT molecular complexity index is 2720. The summed E-state index contributed by atoms with van der Waals surface area (Å²) in [6.07, 6.45) is 0. The average Bonchev–Trinajstić information content (AvgIpc) is 3.76. The number of furan rings is 2. The molecule has 0 radical (unpaired) electrons. The third-order valence-corrected chi connectivity index (χ3v) is 9.72. The summed E-state index contributed by atoms with van der Waals surface area (Å²) in [5, 5.41) is 4.28.